The highest BCUT2D eigenvalue weighted by molar-refractivity contribution is 7.16. The van der Waals surface area contributed by atoms with E-state index in [9.17, 15) is 9.18 Å². The van der Waals surface area contributed by atoms with Crippen molar-refractivity contribution in [2.45, 2.75) is 40.0 Å². The molecule has 1 aromatic heterocycles. The highest BCUT2D eigenvalue weighted by atomic mass is 32.1. The molecular weight excluding hydrogens is 317 g/mol. The number of amides is 1. The average molecular weight is 341 g/mol. The molecule has 1 heterocycles. The van der Waals surface area contributed by atoms with Crippen molar-refractivity contribution in [3.05, 3.63) is 22.6 Å². The number of carbonyl (C=O) groups is 1. The molecule has 0 aliphatic rings. The van der Waals surface area contributed by atoms with Crippen LogP contribution in [0.2, 0.25) is 0 Å². The Hall–Kier alpha value is -1.76. The number of aliphatic imine (C=N–C) groups is 1. The number of rotatable bonds is 8. The van der Waals surface area contributed by atoms with Gasteiger partial charge in [-0.2, -0.15) is 0 Å². The van der Waals surface area contributed by atoms with Crippen LogP contribution in [0.4, 0.5) is 14.2 Å². The molecule has 5 nitrogen and oxygen atoms in total. The summed E-state index contributed by atoms with van der Waals surface area (Å²) in [6, 6.07) is 0. The van der Waals surface area contributed by atoms with E-state index in [0.717, 1.165) is 28.5 Å². The zero-order chi connectivity index (χ0) is 17.2. The second kappa shape index (κ2) is 10.1. The van der Waals surface area contributed by atoms with Crippen LogP contribution in [0.3, 0.4) is 0 Å². The molecular formula is C16H24FN3O2S. The molecule has 0 saturated heterocycles. The molecule has 0 fully saturated rings. The lowest BCUT2D eigenvalue weighted by Gasteiger charge is -2.15. The Morgan fingerprint density at radius 1 is 1.48 bits per heavy atom. The number of anilines is 1. The smallest absolute Gasteiger partial charge is 0.414 e. The minimum absolute atomic E-state index is 0.367. The van der Waals surface area contributed by atoms with E-state index in [2.05, 4.69) is 9.98 Å². The van der Waals surface area contributed by atoms with Gasteiger partial charge in [-0.3, -0.25) is 9.89 Å². The summed E-state index contributed by atoms with van der Waals surface area (Å²) >= 11 is 1.36. The molecule has 1 rings (SSSR count). The third-order valence-corrected chi connectivity index (χ3v) is 4.24. The zero-order valence-electron chi connectivity index (χ0n) is 14.1. The summed E-state index contributed by atoms with van der Waals surface area (Å²) in [4.78, 5) is 21.6. The summed E-state index contributed by atoms with van der Waals surface area (Å²) in [6.07, 6.45) is 4.43. The Bertz CT molecular complexity index is 570. The Morgan fingerprint density at radius 2 is 2.22 bits per heavy atom. The van der Waals surface area contributed by atoms with Crippen LogP contribution >= 0.6 is 11.3 Å². The molecule has 0 aromatic carbocycles. The fourth-order valence-corrected chi connectivity index (χ4v) is 2.72. The Labute approximate surface area is 140 Å². The van der Waals surface area contributed by atoms with E-state index >= 15 is 0 Å². The van der Waals surface area contributed by atoms with Crippen molar-refractivity contribution in [3.63, 3.8) is 0 Å². The van der Waals surface area contributed by atoms with E-state index in [-0.39, 0.29) is 5.83 Å². The first-order valence-electron chi connectivity index (χ1n) is 7.71. The normalized spacial score (nSPS) is 12.0. The summed E-state index contributed by atoms with van der Waals surface area (Å²) in [5, 5.41) is 1.46. The molecule has 0 aliphatic carbocycles. The van der Waals surface area contributed by atoms with Crippen molar-refractivity contribution >= 4 is 28.6 Å². The second-order valence-corrected chi connectivity index (χ2v) is 6.01. The van der Waals surface area contributed by atoms with Gasteiger partial charge in [-0.15, -0.1) is 11.3 Å². The largest absolute Gasteiger partial charge is 0.449 e. The van der Waals surface area contributed by atoms with Crippen LogP contribution in [0, 0.1) is 6.92 Å². The van der Waals surface area contributed by atoms with E-state index in [1.807, 2.05) is 20.8 Å². The van der Waals surface area contributed by atoms with E-state index in [0.29, 0.717) is 19.6 Å². The molecule has 0 spiro atoms. The Kier molecular flexibility index (Phi) is 8.47. The van der Waals surface area contributed by atoms with Crippen LogP contribution in [-0.2, 0) is 11.2 Å². The molecule has 1 amide bonds. The summed E-state index contributed by atoms with van der Waals surface area (Å²) in [6.45, 7) is 6.66. The number of ether oxygens (including phenoxy) is 1. The topological polar surface area (TPSA) is 54.8 Å². The van der Waals surface area contributed by atoms with Crippen LogP contribution < -0.4 is 4.90 Å². The number of nitrogens with zero attached hydrogens (tertiary/aromatic N) is 3. The van der Waals surface area contributed by atoms with Gasteiger partial charge in [0.2, 0.25) is 0 Å². The molecule has 1 aromatic rings. The number of aromatic nitrogens is 1. The lowest BCUT2D eigenvalue weighted by Crippen LogP contribution is -2.27. The standard InChI is InChI=1S/C16H24FN3O2S/c1-5-7-10-22-16(21)20(4)15-12(3)19-14(23-15)9-8-13(17)11-18-6-2/h8,11H,5-7,9-10H2,1-4H3/b13-8+,18-11?. The summed E-state index contributed by atoms with van der Waals surface area (Å²) in [5.74, 6) is -0.381. The van der Waals surface area contributed by atoms with Crippen molar-refractivity contribution < 1.29 is 13.9 Å². The van der Waals surface area contributed by atoms with Crippen LogP contribution in [0.25, 0.3) is 0 Å². The maximum absolute atomic E-state index is 13.4. The van der Waals surface area contributed by atoms with Crippen LogP contribution in [0.1, 0.15) is 37.4 Å². The molecule has 0 radical (unpaired) electrons. The minimum Gasteiger partial charge on any atom is -0.449 e. The van der Waals surface area contributed by atoms with Gasteiger partial charge in [0.15, 0.2) is 0 Å². The molecule has 7 heteroatoms. The van der Waals surface area contributed by atoms with Crippen LogP contribution in [0.15, 0.2) is 16.9 Å². The number of allylic oxidation sites excluding steroid dienone is 2. The fourth-order valence-electron chi connectivity index (χ4n) is 1.74. The van der Waals surface area contributed by atoms with Crippen molar-refractivity contribution in [1.82, 2.24) is 4.98 Å². The van der Waals surface area contributed by atoms with Gasteiger partial charge in [0.1, 0.15) is 10.8 Å². The number of aryl methyl sites for hydroxylation is 1. The molecule has 0 aliphatic heterocycles. The average Bonchev–Trinajstić information content (AvgIpc) is 2.91. The van der Waals surface area contributed by atoms with Gasteiger partial charge in [0, 0.05) is 20.0 Å². The van der Waals surface area contributed by atoms with Gasteiger partial charge < -0.3 is 4.74 Å². The van der Waals surface area contributed by atoms with E-state index < -0.39 is 6.09 Å². The van der Waals surface area contributed by atoms with Gasteiger partial charge in [0.05, 0.1) is 23.5 Å². The van der Waals surface area contributed by atoms with Crippen molar-refractivity contribution in [3.8, 4) is 0 Å². The number of halogens is 1. The van der Waals surface area contributed by atoms with Gasteiger partial charge in [-0.05, 0) is 26.3 Å². The lowest BCUT2D eigenvalue weighted by atomic mass is 10.4. The Morgan fingerprint density at radius 3 is 2.87 bits per heavy atom. The minimum atomic E-state index is -0.395. The predicted octanol–water partition coefficient (Wildman–Crippen LogP) is 4.31. The predicted molar refractivity (Wildman–Crippen MR) is 93.4 cm³/mol. The van der Waals surface area contributed by atoms with E-state index in [4.69, 9.17) is 4.74 Å². The zero-order valence-corrected chi connectivity index (χ0v) is 15.0. The van der Waals surface area contributed by atoms with Crippen molar-refractivity contribution in [1.29, 1.82) is 0 Å². The molecule has 0 bridgehead atoms. The molecule has 128 valence electrons. The maximum atomic E-state index is 13.4. The molecule has 0 unspecified atom stereocenters. The SMILES string of the molecule is CCCCOC(=O)N(C)c1sc(C/C=C(/F)C=NCC)nc1C. The van der Waals surface area contributed by atoms with Crippen molar-refractivity contribution in [2.24, 2.45) is 4.99 Å². The summed E-state index contributed by atoms with van der Waals surface area (Å²) < 4.78 is 18.6. The van der Waals surface area contributed by atoms with E-state index in [1.165, 1.54) is 28.5 Å². The highest BCUT2D eigenvalue weighted by Gasteiger charge is 2.18. The number of carbonyl (C=O) groups excluding carboxylic acids is 1. The molecule has 0 atom stereocenters. The summed E-state index contributed by atoms with van der Waals surface area (Å²) in [7, 11) is 1.66. The third-order valence-electron chi connectivity index (χ3n) is 2.99. The summed E-state index contributed by atoms with van der Waals surface area (Å²) in [5.41, 5.74) is 0.732. The van der Waals surface area contributed by atoms with Crippen LogP contribution in [-0.4, -0.2) is 37.5 Å². The van der Waals surface area contributed by atoms with E-state index in [1.54, 1.807) is 7.05 Å². The van der Waals surface area contributed by atoms with Crippen LogP contribution in [0.5, 0.6) is 0 Å². The van der Waals surface area contributed by atoms with Gasteiger partial charge in [-0.1, -0.05) is 13.3 Å². The van der Waals surface area contributed by atoms with Gasteiger partial charge in [-0.25, -0.2) is 14.2 Å². The van der Waals surface area contributed by atoms with Gasteiger partial charge in [0.25, 0.3) is 0 Å². The Balaban J connectivity index is 2.70. The second-order valence-electron chi connectivity index (χ2n) is 4.95. The monoisotopic (exact) mass is 341 g/mol. The molecule has 0 saturated carbocycles. The molecule has 0 N–H and O–H groups in total. The number of thiazole rings is 1. The first kappa shape index (κ1) is 19.3. The fraction of sp³-hybridized carbons (Fsp3) is 0.562. The first-order valence-corrected chi connectivity index (χ1v) is 8.53. The quantitative estimate of drug-likeness (QED) is 0.523. The third kappa shape index (κ3) is 6.48. The molecule has 23 heavy (non-hydrogen) atoms. The van der Waals surface area contributed by atoms with Gasteiger partial charge >= 0.3 is 6.09 Å². The first-order chi connectivity index (χ1) is 11.0. The highest BCUT2D eigenvalue weighted by Crippen LogP contribution is 2.28. The number of hydrogen-bond donors (Lipinski definition) is 0. The number of unbranched alkanes of at least 4 members (excludes halogenated alkanes) is 1. The van der Waals surface area contributed by atoms with Crippen molar-refractivity contribution in [2.75, 3.05) is 25.1 Å². The lowest BCUT2D eigenvalue weighted by molar-refractivity contribution is 0.153. The number of hydrogen-bond acceptors (Lipinski definition) is 5. The maximum Gasteiger partial charge on any atom is 0.414 e.